The van der Waals surface area contributed by atoms with Crippen molar-refractivity contribution in [3.8, 4) is 11.3 Å². The Morgan fingerprint density at radius 1 is 0.966 bits per heavy atom. The third-order valence-electron chi connectivity index (χ3n) is 3.99. The third-order valence-corrected chi connectivity index (χ3v) is 4.52. The lowest BCUT2D eigenvalue weighted by molar-refractivity contribution is -0.118. The summed E-state index contributed by atoms with van der Waals surface area (Å²) in [5.41, 5.74) is 1.49. The topological polar surface area (TPSA) is 71.3 Å². The van der Waals surface area contributed by atoms with Gasteiger partial charge in [0.25, 0.3) is 11.8 Å². The highest BCUT2D eigenvalue weighted by atomic mass is 79.9. The zero-order valence-corrected chi connectivity index (χ0v) is 17.7. The molecule has 0 aliphatic carbocycles. The summed E-state index contributed by atoms with van der Waals surface area (Å²) in [6, 6.07) is 20.0. The monoisotopic (exact) mass is 452 g/mol. The van der Waals surface area contributed by atoms with Gasteiger partial charge in [0.1, 0.15) is 17.2 Å². The SMILES string of the molecule is CC(C)NC(=O)/C(=C\c1ccc(-c2ccc(Br)cc2)o1)NC(=O)c1ccccc1. The summed E-state index contributed by atoms with van der Waals surface area (Å²) < 4.78 is 6.84. The molecule has 1 aromatic heterocycles. The van der Waals surface area contributed by atoms with Gasteiger partial charge in [-0.05, 0) is 50.2 Å². The smallest absolute Gasteiger partial charge is 0.268 e. The minimum absolute atomic E-state index is 0.0746. The molecule has 0 fully saturated rings. The first-order valence-corrected chi connectivity index (χ1v) is 9.96. The van der Waals surface area contributed by atoms with Gasteiger partial charge in [0.15, 0.2) is 0 Å². The Kier molecular flexibility index (Phi) is 6.67. The molecular formula is C23H21BrN2O3. The first kappa shape index (κ1) is 20.6. The Morgan fingerprint density at radius 3 is 2.31 bits per heavy atom. The molecule has 0 aliphatic rings. The van der Waals surface area contributed by atoms with Crippen LogP contribution in [0.1, 0.15) is 30.0 Å². The number of amides is 2. The normalized spacial score (nSPS) is 11.4. The molecule has 0 saturated heterocycles. The zero-order valence-electron chi connectivity index (χ0n) is 16.1. The lowest BCUT2D eigenvalue weighted by Gasteiger charge is -2.12. The van der Waals surface area contributed by atoms with Crippen LogP contribution in [0.4, 0.5) is 0 Å². The number of nitrogens with one attached hydrogen (secondary N) is 2. The minimum Gasteiger partial charge on any atom is -0.457 e. The van der Waals surface area contributed by atoms with Gasteiger partial charge in [0, 0.05) is 27.7 Å². The van der Waals surface area contributed by atoms with Gasteiger partial charge in [-0.3, -0.25) is 9.59 Å². The van der Waals surface area contributed by atoms with Crippen LogP contribution in [0.5, 0.6) is 0 Å². The van der Waals surface area contributed by atoms with E-state index in [9.17, 15) is 9.59 Å². The molecule has 29 heavy (non-hydrogen) atoms. The maximum atomic E-state index is 12.6. The number of carbonyl (C=O) groups is 2. The second-order valence-electron chi connectivity index (χ2n) is 6.72. The van der Waals surface area contributed by atoms with Gasteiger partial charge in [0.05, 0.1) is 0 Å². The van der Waals surface area contributed by atoms with Crippen molar-refractivity contribution in [2.24, 2.45) is 0 Å². The molecule has 2 N–H and O–H groups in total. The molecular weight excluding hydrogens is 432 g/mol. The van der Waals surface area contributed by atoms with Crippen molar-refractivity contribution >= 4 is 33.8 Å². The summed E-state index contributed by atoms with van der Waals surface area (Å²) in [6.07, 6.45) is 1.53. The molecule has 1 heterocycles. The van der Waals surface area contributed by atoms with E-state index in [0.29, 0.717) is 17.1 Å². The van der Waals surface area contributed by atoms with Crippen molar-refractivity contribution < 1.29 is 14.0 Å². The van der Waals surface area contributed by atoms with E-state index >= 15 is 0 Å². The number of benzene rings is 2. The molecule has 0 spiro atoms. The zero-order chi connectivity index (χ0) is 20.8. The largest absolute Gasteiger partial charge is 0.457 e. The molecule has 148 valence electrons. The molecule has 6 heteroatoms. The molecule has 0 atom stereocenters. The van der Waals surface area contributed by atoms with Crippen LogP contribution in [0.2, 0.25) is 0 Å². The predicted octanol–water partition coefficient (Wildman–Crippen LogP) is 5.00. The first-order chi connectivity index (χ1) is 13.9. The van der Waals surface area contributed by atoms with Gasteiger partial charge >= 0.3 is 0 Å². The van der Waals surface area contributed by atoms with E-state index in [-0.39, 0.29) is 23.6 Å². The van der Waals surface area contributed by atoms with Crippen molar-refractivity contribution in [3.63, 3.8) is 0 Å². The van der Waals surface area contributed by atoms with Crippen molar-refractivity contribution in [1.29, 1.82) is 0 Å². The van der Waals surface area contributed by atoms with Crippen molar-refractivity contribution in [2.45, 2.75) is 19.9 Å². The highest BCUT2D eigenvalue weighted by Gasteiger charge is 2.16. The second kappa shape index (κ2) is 9.39. The molecule has 3 rings (SSSR count). The van der Waals surface area contributed by atoms with Crippen molar-refractivity contribution in [2.75, 3.05) is 0 Å². The van der Waals surface area contributed by atoms with Crippen molar-refractivity contribution in [1.82, 2.24) is 10.6 Å². The van der Waals surface area contributed by atoms with E-state index < -0.39 is 0 Å². The van der Waals surface area contributed by atoms with E-state index in [1.165, 1.54) is 6.08 Å². The number of hydrogen-bond acceptors (Lipinski definition) is 3. The molecule has 0 aliphatic heterocycles. The number of hydrogen-bond donors (Lipinski definition) is 2. The highest BCUT2D eigenvalue weighted by Crippen LogP contribution is 2.25. The van der Waals surface area contributed by atoms with Gasteiger partial charge in [-0.15, -0.1) is 0 Å². The van der Waals surface area contributed by atoms with Gasteiger partial charge in [-0.25, -0.2) is 0 Å². The standard InChI is InChI=1S/C23H21BrN2O3/c1-15(2)25-23(28)20(26-22(27)17-6-4-3-5-7-17)14-19-12-13-21(29-19)16-8-10-18(24)11-9-16/h3-15H,1-2H3,(H,25,28)(H,26,27)/b20-14+. The van der Waals surface area contributed by atoms with Crippen LogP contribution in [-0.4, -0.2) is 17.9 Å². The summed E-state index contributed by atoms with van der Waals surface area (Å²) in [6.45, 7) is 3.71. The lowest BCUT2D eigenvalue weighted by Crippen LogP contribution is -2.38. The average Bonchev–Trinajstić information content (AvgIpc) is 3.16. The van der Waals surface area contributed by atoms with Gasteiger partial charge in [-0.2, -0.15) is 0 Å². The summed E-state index contributed by atoms with van der Waals surface area (Å²) in [4.78, 5) is 25.1. The van der Waals surface area contributed by atoms with Crippen LogP contribution in [0.15, 0.2) is 81.3 Å². The van der Waals surface area contributed by atoms with E-state index in [2.05, 4.69) is 26.6 Å². The van der Waals surface area contributed by atoms with Crippen molar-refractivity contribution in [3.05, 3.63) is 88.2 Å². The van der Waals surface area contributed by atoms with Gasteiger partial charge < -0.3 is 15.1 Å². The summed E-state index contributed by atoms with van der Waals surface area (Å²) in [5.74, 6) is 0.383. The van der Waals surface area contributed by atoms with E-state index in [4.69, 9.17) is 4.42 Å². The number of carbonyl (C=O) groups excluding carboxylic acids is 2. The van der Waals surface area contributed by atoms with Gasteiger partial charge in [0.2, 0.25) is 0 Å². The third kappa shape index (κ3) is 5.68. The molecule has 2 amide bonds. The number of furan rings is 1. The van der Waals surface area contributed by atoms with Gasteiger partial charge in [-0.1, -0.05) is 46.3 Å². The number of rotatable bonds is 6. The van der Waals surface area contributed by atoms with Crippen LogP contribution >= 0.6 is 15.9 Å². The van der Waals surface area contributed by atoms with Crippen LogP contribution in [0.3, 0.4) is 0 Å². The van der Waals surface area contributed by atoms with Crippen LogP contribution < -0.4 is 10.6 Å². The Balaban J connectivity index is 1.87. The summed E-state index contributed by atoms with van der Waals surface area (Å²) in [5, 5.41) is 5.48. The van der Waals surface area contributed by atoms with Crippen LogP contribution in [0, 0.1) is 0 Å². The summed E-state index contributed by atoms with van der Waals surface area (Å²) in [7, 11) is 0. The quantitative estimate of drug-likeness (QED) is 0.516. The molecule has 0 unspecified atom stereocenters. The Morgan fingerprint density at radius 2 is 1.66 bits per heavy atom. The fourth-order valence-corrected chi connectivity index (χ4v) is 2.89. The Bertz CT molecular complexity index is 1020. The maximum absolute atomic E-state index is 12.6. The summed E-state index contributed by atoms with van der Waals surface area (Å²) >= 11 is 3.41. The molecule has 0 saturated carbocycles. The lowest BCUT2D eigenvalue weighted by atomic mass is 10.2. The molecule has 3 aromatic rings. The van der Waals surface area contributed by atoms with Crippen LogP contribution in [-0.2, 0) is 4.79 Å². The maximum Gasteiger partial charge on any atom is 0.268 e. The minimum atomic E-state index is -0.383. The molecule has 0 bridgehead atoms. The Labute approximate surface area is 177 Å². The van der Waals surface area contributed by atoms with Crippen LogP contribution in [0.25, 0.3) is 17.4 Å². The highest BCUT2D eigenvalue weighted by molar-refractivity contribution is 9.10. The van der Waals surface area contributed by atoms with E-state index in [1.807, 2.05) is 50.2 Å². The predicted molar refractivity (Wildman–Crippen MR) is 117 cm³/mol. The molecule has 2 aromatic carbocycles. The van der Waals surface area contributed by atoms with E-state index in [1.54, 1.807) is 30.3 Å². The molecule has 0 radical (unpaired) electrons. The number of halogens is 1. The fourth-order valence-electron chi connectivity index (χ4n) is 2.62. The van der Waals surface area contributed by atoms with E-state index in [0.717, 1.165) is 10.0 Å². The average molecular weight is 453 g/mol. The first-order valence-electron chi connectivity index (χ1n) is 9.17. The fraction of sp³-hybridized carbons (Fsp3) is 0.130. The Hall–Kier alpha value is -3.12. The molecule has 5 nitrogen and oxygen atoms in total. The second-order valence-corrected chi connectivity index (χ2v) is 7.63.